The number of carbonyl (C=O) groups excluding carboxylic acids is 1. The van der Waals surface area contributed by atoms with Gasteiger partial charge in [-0.25, -0.2) is 9.78 Å². The standard InChI is InChI=1S/C19H22N6O/c1-12-17-8-14(11-21-18(17)25-24-12)10-20-9-13-3-2-4-16(7-13)23-19(26)22-15-5-6-15/h2-4,7-8,11,15,20H,5-6,9-10H2,1H3,(H,21,24,25)(H2,22,23,26). The fourth-order valence-electron chi connectivity index (χ4n) is 2.85. The van der Waals surface area contributed by atoms with Crippen LogP contribution in [-0.4, -0.2) is 27.3 Å². The summed E-state index contributed by atoms with van der Waals surface area (Å²) in [6, 6.07) is 10.2. The molecule has 0 spiro atoms. The molecule has 2 heterocycles. The van der Waals surface area contributed by atoms with Crippen LogP contribution in [0.25, 0.3) is 11.0 Å². The van der Waals surface area contributed by atoms with E-state index >= 15 is 0 Å². The Morgan fingerprint density at radius 3 is 2.92 bits per heavy atom. The van der Waals surface area contributed by atoms with Crippen molar-refractivity contribution < 1.29 is 4.79 Å². The number of hydrogen-bond acceptors (Lipinski definition) is 4. The smallest absolute Gasteiger partial charge is 0.319 e. The zero-order chi connectivity index (χ0) is 17.9. The molecular weight excluding hydrogens is 328 g/mol. The summed E-state index contributed by atoms with van der Waals surface area (Å²) in [6.07, 6.45) is 4.00. The molecule has 1 saturated carbocycles. The van der Waals surface area contributed by atoms with Crippen molar-refractivity contribution in [3.8, 4) is 0 Å². The first-order valence-electron chi connectivity index (χ1n) is 8.84. The number of rotatable bonds is 6. The maximum Gasteiger partial charge on any atom is 0.319 e. The summed E-state index contributed by atoms with van der Waals surface area (Å²) >= 11 is 0. The molecule has 0 saturated heterocycles. The number of urea groups is 1. The molecule has 0 radical (unpaired) electrons. The van der Waals surface area contributed by atoms with E-state index in [9.17, 15) is 4.79 Å². The van der Waals surface area contributed by atoms with Crippen LogP contribution in [0.3, 0.4) is 0 Å². The first kappa shape index (κ1) is 16.5. The lowest BCUT2D eigenvalue weighted by atomic mass is 10.2. The van der Waals surface area contributed by atoms with Crippen molar-refractivity contribution in [3.63, 3.8) is 0 Å². The van der Waals surface area contributed by atoms with Gasteiger partial charge in [-0.3, -0.25) is 5.10 Å². The third-order valence-electron chi connectivity index (χ3n) is 4.41. The summed E-state index contributed by atoms with van der Waals surface area (Å²) < 4.78 is 0. The highest BCUT2D eigenvalue weighted by atomic mass is 16.2. The number of aromatic amines is 1. The SMILES string of the molecule is Cc1[nH]nc2ncc(CNCc3cccc(NC(=O)NC4CC4)c3)cc12. The molecule has 1 aliphatic rings. The van der Waals surface area contributed by atoms with E-state index in [0.29, 0.717) is 19.1 Å². The second-order valence-electron chi connectivity index (χ2n) is 6.74. The highest BCUT2D eigenvalue weighted by molar-refractivity contribution is 5.89. The molecule has 4 rings (SSSR count). The second kappa shape index (κ2) is 7.13. The Hall–Kier alpha value is -2.93. The van der Waals surface area contributed by atoms with Crippen LogP contribution in [-0.2, 0) is 13.1 Å². The van der Waals surface area contributed by atoms with Crippen molar-refractivity contribution >= 4 is 22.8 Å². The maximum atomic E-state index is 11.8. The molecular formula is C19H22N6O. The Balaban J connectivity index is 1.32. The number of nitrogens with zero attached hydrogens (tertiary/aromatic N) is 2. The summed E-state index contributed by atoms with van der Waals surface area (Å²) in [6.45, 7) is 3.42. The molecule has 7 nitrogen and oxygen atoms in total. The van der Waals surface area contributed by atoms with Crippen molar-refractivity contribution in [2.24, 2.45) is 0 Å². The lowest BCUT2D eigenvalue weighted by Gasteiger charge is -2.09. The molecule has 2 aromatic heterocycles. The van der Waals surface area contributed by atoms with E-state index in [1.807, 2.05) is 37.4 Å². The Morgan fingerprint density at radius 2 is 2.08 bits per heavy atom. The van der Waals surface area contributed by atoms with E-state index in [-0.39, 0.29) is 6.03 Å². The van der Waals surface area contributed by atoms with Gasteiger partial charge in [-0.15, -0.1) is 0 Å². The van der Waals surface area contributed by atoms with Crippen LogP contribution < -0.4 is 16.0 Å². The van der Waals surface area contributed by atoms with Crippen molar-refractivity contribution in [2.75, 3.05) is 5.32 Å². The number of carbonyl (C=O) groups is 1. The van der Waals surface area contributed by atoms with Gasteiger partial charge in [0.1, 0.15) is 0 Å². The molecule has 0 atom stereocenters. The minimum Gasteiger partial charge on any atom is -0.335 e. The van der Waals surface area contributed by atoms with Crippen LogP contribution in [0.4, 0.5) is 10.5 Å². The highest BCUT2D eigenvalue weighted by Gasteiger charge is 2.23. The number of anilines is 1. The number of aromatic nitrogens is 3. The summed E-state index contributed by atoms with van der Waals surface area (Å²) in [5.74, 6) is 0. The average Bonchev–Trinajstić information content (AvgIpc) is 3.37. The molecule has 1 aliphatic carbocycles. The van der Waals surface area contributed by atoms with E-state index in [1.54, 1.807) is 0 Å². The summed E-state index contributed by atoms with van der Waals surface area (Å²) in [4.78, 5) is 16.2. The number of nitrogens with one attached hydrogen (secondary N) is 4. The topological polar surface area (TPSA) is 94.7 Å². The quantitative estimate of drug-likeness (QED) is 0.550. The lowest BCUT2D eigenvalue weighted by molar-refractivity contribution is 0.251. The van der Waals surface area contributed by atoms with Gasteiger partial charge in [-0.1, -0.05) is 12.1 Å². The van der Waals surface area contributed by atoms with Gasteiger partial charge in [0.05, 0.1) is 0 Å². The Labute approximate surface area is 151 Å². The van der Waals surface area contributed by atoms with Crippen LogP contribution in [0, 0.1) is 6.92 Å². The molecule has 0 bridgehead atoms. The number of benzene rings is 1. The van der Waals surface area contributed by atoms with E-state index in [2.05, 4.69) is 37.2 Å². The lowest BCUT2D eigenvalue weighted by Crippen LogP contribution is -2.30. The van der Waals surface area contributed by atoms with Crippen molar-refractivity contribution in [1.82, 2.24) is 25.8 Å². The molecule has 2 amide bonds. The van der Waals surface area contributed by atoms with Crippen LogP contribution in [0.15, 0.2) is 36.5 Å². The van der Waals surface area contributed by atoms with Gasteiger partial charge in [0.2, 0.25) is 0 Å². The predicted molar refractivity (Wildman–Crippen MR) is 101 cm³/mol. The average molecular weight is 350 g/mol. The van der Waals surface area contributed by atoms with Crippen molar-refractivity contribution in [1.29, 1.82) is 0 Å². The van der Waals surface area contributed by atoms with Gasteiger partial charge < -0.3 is 16.0 Å². The molecule has 1 fully saturated rings. The number of H-pyrrole nitrogens is 1. The van der Waals surface area contributed by atoms with Gasteiger partial charge in [0.15, 0.2) is 5.65 Å². The van der Waals surface area contributed by atoms with Crippen LogP contribution in [0.2, 0.25) is 0 Å². The first-order chi connectivity index (χ1) is 12.7. The monoisotopic (exact) mass is 350 g/mol. The van der Waals surface area contributed by atoms with Crippen LogP contribution >= 0.6 is 0 Å². The summed E-state index contributed by atoms with van der Waals surface area (Å²) in [5, 5.41) is 17.4. The molecule has 3 aromatic rings. The Morgan fingerprint density at radius 1 is 1.23 bits per heavy atom. The van der Waals surface area contributed by atoms with Crippen LogP contribution in [0.5, 0.6) is 0 Å². The van der Waals surface area contributed by atoms with Crippen molar-refractivity contribution in [3.05, 3.63) is 53.3 Å². The van der Waals surface area contributed by atoms with Gasteiger partial charge in [-0.2, -0.15) is 5.10 Å². The van der Waals surface area contributed by atoms with E-state index in [1.165, 1.54) is 0 Å². The number of hydrogen-bond donors (Lipinski definition) is 4. The number of aryl methyl sites for hydroxylation is 1. The number of amides is 2. The summed E-state index contributed by atoms with van der Waals surface area (Å²) in [7, 11) is 0. The Kier molecular flexibility index (Phi) is 4.53. The third kappa shape index (κ3) is 4.00. The normalized spacial score (nSPS) is 13.7. The van der Waals surface area contributed by atoms with Crippen molar-refractivity contribution in [2.45, 2.75) is 38.9 Å². The number of pyridine rings is 1. The van der Waals surface area contributed by atoms with Gasteiger partial charge in [0.25, 0.3) is 0 Å². The predicted octanol–water partition coefficient (Wildman–Crippen LogP) is 2.84. The van der Waals surface area contributed by atoms with E-state index in [0.717, 1.165) is 46.4 Å². The van der Waals surface area contributed by atoms with Gasteiger partial charge in [-0.05, 0) is 49.1 Å². The fourth-order valence-corrected chi connectivity index (χ4v) is 2.85. The molecule has 0 aliphatic heterocycles. The van der Waals surface area contributed by atoms with Crippen LogP contribution in [0.1, 0.15) is 29.7 Å². The summed E-state index contributed by atoms with van der Waals surface area (Å²) in [5.41, 5.74) is 4.80. The molecule has 1 aromatic carbocycles. The Bertz CT molecular complexity index is 931. The highest BCUT2D eigenvalue weighted by Crippen LogP contribution is 2.19. The van der Waals surface area contributed by atoms with Gasteiger partial charge >= 0.3 is 6.03 Å². The fraction of sp³-hybridized carbons (Fsp3) is 0.316. The molecule has 26 heavy (non-hydrogen) atoms. The maximum absolute atomic E-state index is 11.8. The molecule has 7 heteroatoms. The second-order valence-corrected chi connectivity index (χ2v) is 6.74. The number of fused-ring (bicyclic) bond motifs is 1. The van der Waals surface area contributed by atoms with Gasteiger partial charge in [0, 0.05) is 42.1 Å². The zero-order valence-electron chi connectivity index (χ0n) is 14.7. The third-order valence-corrected chi connectivity index (χ3v) is 4.41. The molecule has 4 N–H and O–H groups in total. The molecule has 0 unspecified atom stereocenters. The minimum absolute atomic E-state index is 0.132. The minimum atomic E-state index is -0.132. The van der Waals surface area contributed by atoms with E-state index < -0.39 is 0 Å². The first-order valence-corrected chi connectivity index (χ1v) is 8.84. The zero-order valence-corrected chi connectivity index (χ0v) is 14.7. The molecule has 134 valence electrons. The largest absolute Gasteiger partial charge is 0.335 e. The van der Waals surface area contributed by atoms with E-state index in [4.69, 9.17) is 0 Å².